The largest absolute Gasteiger partial charge is 0.450 e. The van der Waals surface area contributed by atoms with Crippen molar-refractivity contribution in [2.24, 2.45) is 0 Å². The summed E-state index contributed by atoms with van der Waals surface area (Å²) in [5, 5.41) is 15.2. The van der Waals surface area contributed by atoms with Crippen molar-refractivity contribution in [3.05, 3.63) is 136 Å². The Morgan fingerprint density at radius 3 is 2.05 bits per heavy atom. The molecule has 12 heteroatoms. The predicted octanol–water partition coefficient (Wildman–Crippen LogP) is 1.71. The first-order valence-corrected chi connectivity index (χ1v) is 13.6. The lowest BCUT2D eigenvalue weighted by atomic mass is 9.98. The number of rotatable bonds is 14. The van der Waals surface area contributed by atoms with Crippen molar-refractivity contribution >= 4 is 24.1 Å². The Kier molecular flexibility index (Phi) is 11.2. The zero-order valence-corrected chi connectivity index (χ0v) is 23.4. The molecule has 0 saturated heterocycles. The molecule has 0 radical (unpaired) electrons. The molecule has 44 heavy (non-hydrogen) atoms. The summed E-state index contributed by atoms with van der Waals surface area (Å²) in [7, 11) is 0. The Balaban J connectivity index is 1.30. The summed E-state index contributed by atoms with van der Waals surface area (Å²) in [6, 6.07) is 27.0. The van der Waals surface area contributed by atoms with Gasteiger partial charge in [0.2, 0.25) is 0 Å². The number of hydrogen-bond donors (Lipinski definition) is 4. The minimum Gasteiger partial charge on any atom is -0.450 e. The molecule has 0 saturated carbocycles. The molecule has 3 aromatic carbocycles. The standard InChI is InChI=1S/C32H30N4O8/c37-18-24(20-43-19-21-10-4-1-5-11-21)44-32(42)26(38)17-34-31(41)28-33-16-25(30(40)36-28)29(39)35-27(22-12-6-2-7-13-22)23-14-8-3-9-15-23/h1-16,18,24,26-27,38H,17,19-20H2,(H,34,41)(H,35,39)(H,33,36,40)/t24?,26-/m1/s1. The lowest BCUT2D eigenvalue weighted by molar-refractivity contribution is -0.163. The fourth-order valence-corrected chi connectivity index (χ4v) is 4.08. The highest BCUT2D eigenvalue weighted by Gasteiger charge is 2.24. The van der Waals surface area contributed by atoms with Gasteiger partial charge in [0.15, 0.2) is 24.3 Å². The summed E-state index contributed by atoms with van der Waals surface area (Å²) in [5.41, 5.74) is 1.26. The first-order valence-electron chi connectivity index (χ1n) is 13.6. The maximum atomic E-state index is 13.1. The van der Waals surface area contributed by atoms with Crippen molar-refractivity contribution in [3.63, 3.8) is 0 Å². The summed E-state index contributed by atoms with van der Waals surface area (Å²) in [6.45, 7) is -0.644. The van der Waals surface area contributed by atoms with Gasteiger partial charge < -0.3 is 30.2 Å². The van der Waals surface area contributed by atoms with Crippen molar-refractivity contribution in [2.45, 2.75) is 24.9 Å². The van der Waals surface area contributed by atoms with E-state index in [0.29, 0.717) is 6.29 Å². The lowest BCUT2D eigenvalue weighted by Crippen LogP contribution is -2.41. The van der Waals surface area contributed by atoms with Crippen molar-refractivity contribution in [3.8, 4) is 0 Å². The normalized spacial score (nSPS) is 12.1. The molecule has 4 aromatic rings. The topological polar surface area (TPSA) is 177 Å². The number of benzene rings is 3. The second-order valence-electron chi connectivity index (χ2n) is 9.54. The number of aldehydes is 1. The Morgan fingerprint density at radius 2 is 1.48 bits per heavy atom. The molecule has 4 N–H and O–H groups in total. The monoisotopic (exact) mass is 598 g/mol. The van der Waals surface area contributed by atoms with Gasteiger partial charge in [-0.3, -0.25) is 19.2 Å². The molecule has 4 rings (SSSR count). The van der Waals surface area contributed by atoms with E-state index in [1.54, 1.807) is 0 Å². The predicted molar refractivity (Wildman–Crippen MR) is 157 cm³/mol. The van der Waals surface area contributed by atoms with E-state index < -0.39 is 54.0 Å². The molecule has 12 nitrogen and oxygen atoms in total. The number of aromatic amines is 1. The fraction of sp³-hybridized carbons (Fsp3) is 0.188. The number of aromatic nitrogens is 2. The van der Waals surface area contributed by atoms with E-state index in [2.05, 4.69) is 20.6 Å². The SMILES string of the molecule is O=CC(COCc1ccccc1)OC(=O)[C@H](O)CNC(=O)c1ncc(C(=O)NC(c2ccccc2)c2ccccc2)c(=O)[nH]1. The molecular formula is C32H30N4O8. The number of ether oxygens (including phenoxy) is 2. The van der Waals surface area contributed by atoms with Gasteiger partial charge in [0.1, 0.15) is 5.56 Å². The van der Waals surface area contributed by atoms with Gasteiger partial charge in [0.25, 0.3) is 17.4 Å². The molecule has 0 fully saturated rings. The highest BCUT2D eigenvalue weighted by atomic mass is 16.6. The third-order valence-corrected chi connectivity index (χ3v) is 6.34. The first-order chi connectivity index (χ1) is 21.4. The number of amides is 2. The van der Waals surface area contributed by atoms with Crippen LogP contribution in [0.1, 0.15) is 43.7 Å². The first kappa shape index (κ1) is 31.5. The molecular weight excluding hydrogens is 568 g/mol. The van der Waals surface area contributed by atoms with Crippen LogP contribution in [0.15, 0.2) is 102 Å². The van der Waals surface area contributed by atoms with Crippen molar-refractivity contribution in [1.29, 1.82) is 0 Å². The van der Waals surface area contributed by atoms with Crippen LogP contribution < -0.4 is 16.2 Å². The Morgan fingerprint density at radius 1 is 0.886 bits per heavy atom. The number of carbonyl (C=O) groups excluding carboxylic acids is 4. The van der Waals surface area contributed by atoms with Crippen LogP contribution in [0.3, 0.4) is 0 Å². The zero-order valence-electron chi connectivity index (χ0n) is 23.4. The molecule has 1 aromatic heterocycles. The number of hydrogen-bond acceptors (Lipinski definition) is 9. The number of nitrogens with one attached hydrogen (secondary N) is 3. The summed E-state index contributed by atoms with van der Waals surface area (Å²) in [4.78, 5) is 67.9. The summed E-state index contributed by atoms with van der Waals surface area (Å²) in [6.07, 6.45) is -1.76. The third kappa shape index (κ3) is 8.77. The van der Waals surface area contributed by atoms with Crippen LogP contribution in [0.5, 0.6) is 0 Å². The molecule has 2 amide bonds. The average molecular weight is 599 g/mol. The number of nitrogens with zero attached hydrogens (tertiary/aromatic N) is 1. The maximum absolute atomic E-state index is 13.1. The molecule has 0 aliphatic carbocycles. The number of aliphatic hydroxyl groups excluding tert-OH is 1. The van der Waals surface area contributed by atoms with Crippen LogP contribution in [-0.4, -0.2) is 64.5 Å². The highest BCUT2D eigenvalue weighted by Crippen LogP contribution is 2.22. The lowest BCUT2D eigenvalue weighted by Gasteiger charge is -2.19. The number of carbonyl (C=O) groups is 4. The summed E-state index contributed by atoms with van der Waals surface area (Å²) >= 11 is 0. The fourth-order valence-electron chi connectivity index (χ4n) is 4.08. The van der Waals surface area contributed by atoms with E-state index in [0.717, 1.165) is 22.9 Å². The molecule has 1 unspecified atom stereocenters. The average Bonchev–Trinajstić information content (AvgIpc) is 3.06. The zero-order chi connectivity index (χ0) is 31.3. The highest BCUT2D eigenvalue weighted by molar-refractivity contribution is 5.95. The van der Waals surface area contributed by atoms with Gasteiger partial charge in [-0.05, 0) is 16.7 Å². The van der Waals surface area contributed by atoms with Crippen molar-refractivity contribution < 1.29 is 33.8 Å². The minimum atomic E-state index is -1.82. The summed E-state index contributed by atoms with van der Waals surface area (Å²) < 4.78 is 10.3. The van der Waals surface area contributed by atoms with E-state index in [-0.39, 0.29) is 18.8 Å². The Labute approximate surface area is 252 Å². The molecule has 1 heterocycles. The molecule has 0 bridgehead atoms. The van der Waals surface area contributed by atoms with Crippen LogP contribution in [-0.2, 0) is 25.7 Å². The van der Waals surface area contributed by atoms with Gasteiger partial charge >= 0.3 is 5.97 Å². The second-order valence-corrected chi connectivity index (χ2v) is 9.54. The van der Waals surface area contributed by atoms with Crippen LogP contribution in [0.2, 0.25) is 0 Å². The number of H-pyrrole nitrogens is 1. The quantitative estimate of drug-likeness (QED) is 0.124. The van der Waals surface area contributed by atoms with Gasteiger partial charge in [0, 0.05) is 6.20 Å². The van der Waals surface area contributed by atoms with Gasteiger partial charge in [-0.2, -0.15) is 0 Å². The molecule has 0 aliphatic heterocycles. The van der Waals surface area contributed by atoms with Crippen molar-refractivity contribution in [1.82, 2.24) is 20.6 Å². The van der Waals surface area contributed by atoms with Crippen LogP contribution >= 0.6 is 0 Å². The smallest absolute Gasteiger partial charge is 0.337 e. The van der Waals surface area contributed by atoms with Crippen LogP contribution in [0.25, 0.3) is 0 Å². The maximum Gasteiger partial charge on any atom is 0.337 e. The van der Waals surface area contributed by atoms with Gasteiger partial charge in [-0.25, -0.2) is 9.78 Å². The van der Waals surface area contributed by atoms with Gasteiger partial charge in [0.05, 0.1) is 25.8 Å². The van der Waals surface area contributed by atoms with E-state index >= 15 is 0 Å². The molecule has 0 spiro atoms. The third-order valence-electron chi connectivity index (χ3n) is 6.34. The van der Waals surface area contributed by atoms with Gasteiger partial charge in [-0.1, -0.05) is 91.0 Å². The summed E-state index contributed by atoms with van der Waals surface area (Å²) in [5.74, 6) is -3.25. The number of aliphatic hydroxyl groups is 1. The van der Waals surface area contributed by atoms with Crippen molar-refractivity contribution in [2.75, 3.05) is 13.2 Å². The number of esters is 1. The second kappa shape index (κ2) is 15.7. The van der Waals surface area contributed by atoms with E-state index in [4.69, 9.17) is 9.47 Å². The minimum absolute atomic E-state index is 0.188. The van der Waals surface area contributed by atoms with E-state index in [9.17, 15) is 29.1 Å². The molecule has 226 valence electrons. The van der Waals surface area contributed by atoms with E-state index in [1.165, 1.54) is 0 Å². The molecule has 2 atom stereocenters. The molecule has 0 aliphatic rings. The Hall–Kier alpha value is -5.46. The van der Waals surface area contributed by atoms with Crippen LogP contribution in [0.4, 0.5) is 0 Å². The van der Waals surface area contributed by atoms with Crippen LogP contribution in [0, 0.1) is 0 Å². The Bertz CT molecular complexity index is 1570. The van der Waals surface area contributed by atoms with Gasteiger partial charge in [-0.15, -0.1) is 0 Å². The van der Waals surface area contributed by atoms with E-state index in [1.807, 2.05) is 91.0 Å².